The molecule has 0 N–H and O–H groups in total. The topological polar surface area (TPSA) is 9.23 Å². The van der Waals surface area contributed by atoms with E-state index in [1.165, 1.54) is 34.0 Å². The molecule has 0 bridgehead atoms. The Hall–Kier alpha value is -2.16. The zero-order chi connectivity index (χ0) is 21.1. The van der Waals surface area contributed by atoms with Crippen molar-refractivity contribution >= 4 is 29.5 Å². The minimum absolute atomic E-state index is 0.276. The van der Waals surface area contributed by atoms with Gasteiger partial charge in [-0.25, -0.2) is 0 Å². The molecule has 0 spiro atoms. The third-order valence-electron chi connectivity index (χ3n) is 6.98. The maximum atomic E-state index is 7.37. The molecule has 0 saturated heterocycles. The van der Waals surface area contributed by atoms with Crippen molar-refractivity contribution in [3.05, 3.63) is 85.1 Å². The first kappa shape index (κ1) is 21.1. The maximum Gasteiger partial charge on any atom is 0.281 e. The number of hydrogen-bond donors (Lipinski definition) is 0. The highest BCUT2D eigenvalue weighted by Gasteiger charge is 2.43. The Morgan fingerprint density at radius 1 is 0.933 bits per heavy atom. The molecule has 1 aliphatic rings. The first-order chi connectivity index (χ1) is 14.5. The summed E-state index contributed by atoms with van der Waals surface area (Å²) in [6.07, 6.45) is 3.99. The lowest BCUT2D eigenvalue weighted by atomic mass is 9.75. The number of benzene rings is 3. The Morgan fingerprint density at radius 2 is 1.63 bits per heavy atom. The van der Waals surface area contributed by atoms with Crippen molar-refractivity contribution in [1.29, 1.82) is 0 Å². The van der Waals surface area contributed by atoms with Gasteiger partial charge in [0.05, 0.1) is 0 Å². The van der Waals surface area contributed by atoms with Crippen molar-refractivity contribution in [2.45, 2.75) is 46.1 Å². The highest BCUT2D eigenvalue weighted by molar-refractivity contribution is 7.02. The zero-order valence-electron chi connectivity index (χ0n) is 18.6. The van der Waals surface area contributed by atoms with E-state index < -0.39 is 8.32 Å². The maximum absolute atomic E-state index is 7.37. The fraction of sp³-hybridized carbons (Fsp3) is 0.357. The molecule has 0 radical (unpaired) electrons. The third kappa shape index (κ3) is 3.91. The van der Waals surface area contributed by atoms with Crippen LogP contribution in [0.25, 0.3) is 10.8 Å². The van der Waals surface area contributed by atoms with E-state index in [1.54, 1.807) is 0 Å². The molecule has 4 rings (SSSR count). The van der Waals surface area contributed by atoms with Gasteiger partial charge in [0.25, 0.3) is 8.32 Å². The molecule has 0 aromatic heterocycles. The first-order valence-corrected chi connectivity index (χ1v) is 13.4. The van der Waals surface area contributed by atoms with Crippen LogP contribution >= 0.6 is 0 Å². The highest BCUT2D eigenvalue weighted by Crippen LogP contribution is 2.37. The minimum atomic E-state index is -2.63. The SMILES string of the molecule is C=C[Si@](OC1CC(C)CCC1C(C)C)(c1ccccc1)c1cccc2ccccc12. The van der Waals surface area contributed by atoms with E-state index in [0.717, 1.165) is 6.42 Å². The van der Waals surface area contributed by atoms with Gasteiger partial charge in [0.15, 0.2) is 0 Å². The molecule has 0 aliphatic heterocycles. The smallest absolute Gasteiger partial charge is 0.281 e. The number of fused-ring (bicyclic) bond motifs is 1. The van der Waals surface area contributed by atoms with Gasteiger partial charge in [-0.05, 0) is 51.7 Å². The number of hydrogen-bond acceptors (Lipinski definition) is 1. The van der Waals surface area contributed by atoms with Gasteiger partial charge in [-0.15, -0.1) is 6.58 Å². The lowest BCUT2D eigenvalue weighted by Gasteiger charge is -2.43. The molecule has 0 heterocycles. The molecule has 156 valence electrons. The van der Waals surface area contributed by atoms with E-state index in [-0.39, 0.29) is 6.10 Å². The van der Waals surface area contributed by atoms with Crippen molar-refractivity contribution in [3.63, 3.8) is 0 Å². The summed E-state index contributed by atoms with van der Waals surface area (Å²) in [4.78, 5) is 0. The first-order valence-electron chi connectivity index (χ1n) is 11.4. The van der Waals surface area contributed by atoms with Crippen LogP contribution in [0.15, 0.2) is 85.1 Å². The van der Waals surface area contributed by atoms with Crippen molar-refractivity contribution in [3.8, 4) is 0 Å². The Balaban J connectivity index is 1.89. The van der Waals surface area contributed by atoms with Gasteiger partial charge in [0.1, 0.15) is 0 Å². The molecule has 3 unspecified atom stereocenters. The lowest BCUT2D eigenvalue weighted by molar-refractivity contribution is 0.0440. The molecule has 3 aromatic rings. The second kappa shape index (κ2) is 8.91. The van der Waals surface area contributed by atoms with E-state index in [4.69, 9.17) is 4.43 Å². The van der Waals surface area contributed by atoms with Crippen LogP contribution in [-0.4, -0.2) is 14.4 Å². The molecule has 1 fully saturated rings. The average molecular weight is 415 g/mol. The molecule has 30 heavy (non-hydrogen) atoms. The predicted molar refractivity (Wildman–Crippen MR) is 132 cm³/mol. The van der Waals surface area contributed by atoms with E-state index in [9.17, 15) is 0 Å². The summed E-state index contributed by atoms with van der Waals surface area (Å²) in [5.74, 6) is 1.94. The van der Waals surface area contributed by atoms with Crippen LogP contribution in [0.5, 0.6) is 0 Å². The van der Waals surface area contributed by atoms with Gasteiger partial charge in [-0.3, -0.25) is 0 Å². The van der Waals surface area contributed by atoms with Gasteiger partial charge >= 0.3 is 0 Å². The molecule has 1 nitrogen and oxygen atoms in total. The summed E-state index contributed by atoms with van der Waals surface area (Å²) in [5, 5.41) is 5.17. The Morgan fingerprint density at radius 3 is 2.37 bits per heavy atom. The number of rotatable bonds is 6. The van der Waals surface area contributed by atoms with Gasteiger partial charge in [0, 0.05) is 6.10 Å². The molecule has 2 heteroatoms. The van der Waals surface area contributed by atoms with E-state index in [2.05, 4.69) is 106 Å². The average Bonchev–Trinajstić information content (AvgIpc) is 2.77. The second-order valence-electron chi connectivity index (χ2n) is 9.31. The van der Waals surface area contributed by atoms with E-state index >= 15 is 0 Å². The molecule has 1 saturated carbocycles. The van der Waals surface area contributed by atoms with Crippen LogP contribution in [0.1, 0.15) is 40.0 Å². The summed E-state index contributed by atoms with van der Waals surface area (Å²) in [6, 6.07) is 26.2. The summed E-state index contributed by atoms with van der Waals surface area (Å²) >= 11 is 0. The van der Waals surface area contributed by atoms with E-state index in [0.29, 0.717) is 17.8 Å². The second-order valence-corrected chi connectivity index (χ2v) is 12.5. The normalized spacial score (nSPS) is 23.9. The van der Waals surface area contributed by atoms with Crippen molar-refractivity contribution in [2.75, 3.05) is 0 Å². The third-order valence-corrected chi connectivity index (χ3v) is 10.7. The Labute approximate surface area is 182 Å². The van der Waals surface area contributed by atoms with Crippen LogP contribution in [0.2, 0.25) is 0 Å². The van der Waals surface area contributed by atoms with Gasteiger partial charge in [-0.2, -0.15) is 0 Å². The van der Waals surface area contributed by atoms with Gasteiger partial charge in [0.2, 0.25) is 0 Å². The van der Waals surface area contributed by atoms with E-state index in [1.807, 2.05) is 0 Å². The summed E-state index contributed by atoms with van der Waals surface area (Å²) < 4.78 is 7.37. The standard InChI is InChI=1S/C28H34OSi/c1-5-30(24-14-7-6-8-15-24,28-17-11-13-23-12-9-10-16-26(23)28)29-27-20-22(4)18-19-25(27)21(2)3/h5-17,21-22,25,27H,1,18-20H2,2-4H3/t22?,25?,27?,30-/m0/s1. The highest BCUT2D eigenvalue weighted by atomic mass is 28.4. The molecule has 1 aliphatic carbocycles. The van der Waals surface area contributed by atoms with Crippen LogP contribution < -0.4 is 10.4 Å². The monoisotopic (exact) mass is 414 g/mol. The molecule has 3 aromatic carbocycles. The molecule has 4 atom stereocenters. The fourth-order valence-corrected chi connectivity index (χ4v) is 8.82. The fourth-order valence-electron chi connectivity index (χ4n) is 5.29. The van der Waals surface area contributed by atoms with Crippen LogP contribution in [0, 0.1) is 17.8 Å². The Kier molecular flexibility index (Phi) is 6.26. The predicted octanol–water partition coefficient (Wildman–Crippen LogP) is 6.10. The quantitative estimate of drug-likeness (QED) is 0.443. The molecule has 0 amide bonds. The largest absolute Gasteiger partial charge is 0.401 e. The van der Waals surface area contributed by atoms with Crippen molar-refractivity contribution in [2.24, 2.45) is 17.8 Å². The lowest BCUT2D eigenvalue weighted by Crippen LogP contribution is -2.62. The Bertz CT molecular complexity index is 990. The summed E-state index contributed by atoms with van der Waals surface area (Å²) in [7, 11) is -2.63. The van der Waals surface area contributed by atoms with Crippen LogP contribution in [-0.2, 0) is 4.43 Å². The van der Waals surface area contributed by atoms with Crippen molar-refractivity contribution in [1.82, 2.24) is 0 Å². The van der Waals surface area contributed by atoms with Crippen molar-refractivity contribution < 1.29 is 4.43 Å². The van der Waals surface area contributed by atoms with Crippen LogP contribution in [0.4, 0.5) is 0 Å². The van der Waals surface area contributed by atoms with Crippen LogP contribution in [0.3, 0.4) is 0 Å². The zero-order valence-corrected chi connectivity index (χ0v) is 19.6. The molecular formula is C28H34OSi. The molecular weight excluding hydrogens is 380 g/mol. The summed E-state index contributed by atoms with van der Waals surface area (Å²) in [5.41, 5.74) is 2.17. The van der Waals surface area contributed by atoms with Gasteiger partial charge < -0.3 is 4.43 Å². The minimum Gasteiger partial charge on any atom is -0.401 e. The summed E-state index contributed by atoms with van der Waals surface area (Å²) in [6.45, 7) is 11.5. The van der Waals surface area contributed by atoms with Gasteiger partial charge in [-0.1, -0.05) is 106 Å².